The van der Waals surface area contributed by atoms with Crippen molar-refractivity contribution in [1.29, 1.82) is 0 Å². The molecule has 2 aromatic carbocycles. The lowest BCUT2D eigenvalue weighted by molar-refractivity contribution is -0.137. The molecule has 3 rings (SSSR count). The van der Waals surface area contributed by atoms with Gasteiger partial charge in [0, 0.05) is 17.4 Å². The van der Waals surface area contributed by atoms with E-state index in [4.69, 9.17) is 0 Å². The number of aryl methyl sites for hydroxylation is 1. The number of hydrogen-bond donors (Lipinski definition) is 1. The molecule has 0 aliphatic rings. The van der Waals surface area contributed by atoms with Crippen molar-refractivity contribution < 1.29 is 18.0 Å². The number of hydrogen-bond acceptors (Lipinski definition) is 2. The zero-order chi connectivity index (χ0) is 20.3. The summed E-state index contributed by atoms with van der Waals surface area (Å²) in [6, 6.07) is 13.8. The Labute approximate surface area is 160 Å². The maximum Gasteiger partial charge on any atom is 0.416 e. The summed E-state index contributed by atoms with van der Waals surface area (Å²) in [4.78, 5) is 12.1. The van der Waals surface area contributed by atoms with Gasteiger partial charge in [0.05, 0.1) is 17.5 Å². The maximum absolute atomic E-state index is 12.8. The minimum absolute atomic E-state index is 0.114. The monoisotopic (exact) mass is 385 g/mol. The average Bonchev–Trinajstić information content (AvgIpc) is 3.11. The van der Waals surface area contributed by atoms with Crippen LogP contribution in [0.4, 0.5) is 13.2 Å². The molecule has 0 bridgehead atoms. The Balaban J connectivity index is 1.77. The van der Waals surface area contributed by atoms with Crippen molar-refractivity contribution in [2.75, 3.05) is 0 Å². The molecule has 1 heterocycles. The fourth-order valence-corrected chi connectivity index (χ4v) is 2.77. The largest absolute Gasteiger partial charge is 0.416 e. The van der Waals surface area contributed by atoms with Gasteiger partial charge in [0.1, 0.15) is 0 Å². The number of hydrazone groups is 1. The van der Waals surface area contributed by atoms with Crippen molar-refractivity contribution in [3.8, 4) is 5.69 Å². The van der Waals surface area contributed by atoms with E-state index in [2.05, 4.69) is 10.5 Å². The van der Waals surface area contributed by atoms with E-state index >= 15 is 0 Å². The topological polar surface area (TPSA) is 46.4 Å². The highest BCUT2D eigenvalue weighted by Crippen LogP contribution is 2.29. The Morgan fingerprint density at radius 2 is 1.82 bits per heavy atom. The van der Waals surface area contributed by atoms with E-state index in [9.17, 15) is 18.0 Å². The van der Waals surface area contributed by atoms with Crippen LogP contribution in [0.5, 0.6) is 0 Å². The normalized spacial score (nSPS) is 11.8. The third kappa shape index (κ3) is 4.14. The molecule has 0 fully saturated rings. The molecule has 0 spiro atoms. The summed E-state index contributed by atoms with van der Waals surface area (Å²) in [6.07, 6.45) is -1.18. The van der Waals surface area contributed by atoms with E-state index in [0.29, 0.717) is 0 Å². The summed E-state index contributed by atoms with van der Waals surface area (Å²) in [5.74, 6) is -0.716. The molecule has 28 heavy (non-hydrogen) atoms. The SMILES string of the molecule is Cc1cccc(-n2cccc2/C=N\NC(=O)c2cccc(C(F)(F)F)c2)c1C. The molecule has 1 aromatic heterocycles. The fraction of sp³-hybridized carbons (Fsp3) is 0.143. The summed E-state index contributed by atoms with van der Waals surface area (Å²) in [6.45, 7) is 4.03. The third-order valence-electron chi connectivity index (χ3n) is 4.43. The number of carbonyl (C=O) groups excluding carboxylic acids is 1. The van der Waals surface area contributed by atoms with Gasteiger partial charge in [0.15, 0.2) is 0 Å². The first-order chi connectivity index (χ1) is 13.3. The molecule has 4 nitrogen and oxygen atoms in total. The summed E-state index contributed by atoms with van der Waals surface area (Å²) in [7, 11) is 0. The van der Waals surface area contributed by atoms with Crippen molar-refractivity contribution in [2.24, 2.45) is 5.10 Å². The van der Waals surface area contributed by atoms with E-state index in [-0.39, 0.29) is 5.56 Å². The number of amides is 1. The Hall–Kier alpha value is -3.35. The van der Waals surface area contributed by atoms with Crippen LogP contribution >= 0.6 is 0 Å². The molecule has 3 aromatic rings. The predicted octanol–water partition coefficient (Wildman–Crippen LogP) is 4.88. The minimum Gasteiger partial charge on any atom is -0.315 e. The summed E-state index contributed by atoms with van der Waals surface area (Å²) >= 11 is 0. The first kappa shape index (κ1) is 19.4. The van der Waals surface area contributed by atoms with Crippen LogP contribution in [0.15, 0.2) is 65.9 Å². The number of alkyl halides is 3. The van der Waals surface area contributed by atoms with Gasteiger partial charge >= 0.3 is 6.18 Å². The van der Waals surface area contributed by atoms with Crippen molar-refractivity contribution in [3.63, 3.8) is 0 Å². The number of benzene rings is 2. The van der Waals surface area contributed by atoms with Crippen molar-refractivity contribution in [3.05, 3.63) is 88.7 Å². The van der Waals surface area contributed by atoms with Gasteiger partial charge in [-0.2, -0.15) is 18.3 Å². The zero-order valence-electron chi connectivity index (χ0n) is 15.3. The summed E-state index contributed by atoms with van der Waals surface area (Å²) in [5, 5.41) is 3.89. The highest BCUT2D eigenvalue weighted by Gasteiger charge is 2.30. The molecule has 1 N–H and O–H groups in total. The molecule has 0 saturated carbocycles. The van der Waals surface area contributed by atoms with Crippen LogP contribution in [-0.2, 0) is 6.18 Å². The van der Waals surface area contributed by atoms with Crippen molar-refractivity contribution in [2.45, 2.75) is 20.0 Å². The zero-order valence-corrected chi connectivity index (χ0v) is 15.3. The molecule has 144 valence electrons. The van der Waals surface area contributed by atoms with Gasteiger partial charge in [-0.1, -0.05) is 18.2 Å². The van der Waals surface area contributed by atoms with Gasteiger partial charge in [-0.25, -0.2) is 5.43 Å². The Morgan fingerprint density at radius 3 is 2.57 bits per heavy atom. The number of rotatable bonds is 4. The molecule has 7 heteroatoms. The fourth-order valence-electron chi connectivity index (χ4n) is 2.77. The molecule has 0 aliphatic heterocycles. The first-order valence-corrected chi connectivity index (χ1v) is 8.52. The Kier molecular flexibility index (Phi) is 5.35. The highest BCUT2D eigenvalue weighted by atomic mass is 19.4. The van der Waals surface area contributed by atoms with Crippen LogP contribution < -0.4 is 5.43 Å². The average molecular weight is 385 g/mol. The second-order valence-electron chi connectivity index (χ2n) is 6.30. The quantitative estimate of drug-likeness (QED) is 0.505. The smallest absolute Gasteiger partial charge is 0.315 e. The van der Waals surface area contributed by atoms with Crippen LogP contribution in [0, 0.1) is 13.8 Å². The molecule has 0 unspecified atom stereocenters. The summed E-state index contributed by atoms with van der Waals surface area (Å²) in [5.41, 5.74) is 5.24. The Bertz CT molecular complexity index is 1040. The lowest BCUT2D eigenvalue weighted by atomic mass is 10.1. The molecular weight excluding hydrogens is 367 g/mol. The second kappa shape index (κ2) is 7.72. The first-order valence-electron chi connectivity index (χ1n) is 8.52. The molecule has 0 radical (unpaired) electrons. The van der Waals surface area contributed by atoms with Gasteiger partial charge in [0.2, 0.25) is 0 Å². The minimum atomic E-state index is -4.51. The molecule has 1 amide bonds. The second-order valence-corrected chi connectivity index (χ2v) is 6.30. The van der Waals surface area contributed by atoms with Crippen LogP contribution in [-0.4, -0.2) is 16.7 Å². The standard InChI is InChI=1S/C21H18F3N3O/c1-14-6-3-10-19(15(14)2)27-11-5-9-18(27)13-25-26-20(28)16-7-4-8-17(12-16)21(22,23)24/h3-13H,1-2H3,(H,26,28)/b25-13-. The molecule has 0 saturated heterocycles. The number of halogens is 3. The van der Waals surface area contributed by atoms with Crippen LogP contribution in [0.25, 0.3) is 5.69 Å². The number of carbonyl (C=O) groups is 1. The number of nitrogens with zero attached hydrogens (tertiary/aromatic N) is 2. The van der Waals surface area contributed by atoms with Gasteiger partial charge in [-0.3, -0.25) is 4.79 Å². The Morgan fingerprint density at radius 1 is 1.07 bits per heavy atom. The van der Waals surface area contributed by atoms with Gasteiger partial charge in [-0.15, -0.1) is 0 Å². The van der Waals surface area contributed by atoms with Crippen LogP contribution in [0.1, 0.15) is 32.7 Å². The van der Waals surface area contributed by atoms with Crippen LogP contribution in [0.3, 0.4) is 0 Å². The van der Waals surface area contributed by atoms with E-state index in [1.807, 2.05) is 54.9 Å². The van der Waals surface area contributed by atoms with Crippen LogP contribution in [0.2, 0.25) is 0 Å². The van der Waals surface area contributed by atoms with Gasteiger partial charge in [0.25, 0.3) is 5.91 Å². The lowest BCUT2D eigenvalue weighted by Crippen LogP contribution is -2.18. The highest BCUT2D eigenvalue weighted by molar-refractivity contribution is 5.95. The third-order valence-corrected chi connectivity index (χ3v) is 4.43. The molecule has 0 atom stereocenters. The molecule has 0 aliphatic carbocycles. The van der Waals surface area contributed by atoms with E-state index < -0.39 is 17.6 Å². The van der Waals surface area contributed by atoms with Crippen molar-refractivity contribution in [1.82, 2.24) is 9.99 Å². The van der Waals surface area contributed by atoms with E-state index in [1.54, 1.807) is 0 Å². The number of aromatic nitrogens is 1. The predicted molar refractivity (Wildman–Crippen MR) is 102 cm³/mol. The van der Waals surface area contributed by atoms with E-state index in [1.165, 1.54) is 18.3 Å². The maximum atomic E-state index is 12.8. The lowest BCUT2D eigenvalue weighted by Gasteiger charge is -2.11. The summed E-state index contributed by atoms with van der Waals surface area (Å²) < 4.78 is 40.2. The molecular formula is C21H18F3N3O. The number of nitrogens with one attached hydrogen (secondary N) is 1. The van der Waals surface area contributed by atoms with Gasteiger partial charge in [-0.05, 0) is 61.4 Å². The van der Waals surface area contributed by atoms with Crippen molar-refractivity contribution >= 4 is 12.1 Å². The van der Waals surface area contributed by atoms with Gasteiger partial charge < -0.3 is 4.57 Å². The van der Waals surface area contributed by atoms with E-state index in [0.717, 1.165) is 34.6 Å².